The number of carbonyl (C=O) groups excluding carboxylic acids is 2. The number of ether oxygens (including phenoxy) is 1. The Balaban J connectivity index is 1.39. The van der Waals surface area contributed by atoms with E-state index in [1.165, 1.54) is 23.1 Å². The molecule has 5 rings (SSSR count). The highest BCUT2D eigenvalue weighted by atomic mass is 32.2. The van der Waals surface area contributed by atoms with E-state index in [-0.39, 0.29) is 24.0 Å². The van der Waals surface area contributed by atoms with Gasteiger partial charge in [-0.3, -0.25) is 19.0 Å². The van der Waals surface area contributed by atoms with E-state index < -0.39 is 5.25 Å². The van der Waals surface area contributed by atoms with Crippen molar-refractivity contribution in [3.63, 3.8) is 0 Å². The number of fused-ring (bicyclic) bond motifs is 4. The zero-order chi connectivity index (χ0) is 23.1. The average Bonchev–Trinajstić information content (AvgIpc) is 3.49. The van der Waals surface area contributed by atoms with E-state index >= 15 is 0 Å². The molecule has 11 heteroatoms. The van der Waals surface area contributed by atoms with Crippen LogP contribution in [0, 0.1) is 0 Å². The van der Waals surface area contributed by atoms with Crippen molar-refractivity contribution >= 4 is 45.8 Å². The van der Waals surface area contributed by atoms with Crippen LogP contribution in [-0.2, 0) is 35.2 Å². The second-order valence-electron chi connectivity index (χ2n) is 8.26. The smallest absolute Gasteiger partial charge is 0.341 e. The van der Waals surface area contributed by atoms with E-state index in [0.717, 1.165) is 66.6 Å². The van der Waals surface area contributed by atoms with E-state index in [0.29, 0.717) is 21.5 Å². The molecule has 0 aliphatic heterocycles. The summed E-state index contributed by atoms with van der Waals surface area (Å²) in [5.41, 5.74) is 3.11. The van der Waals surface area contributed by atoms with Gasteiger partial charge in [0, 0.05) is 16.1 Å². The summed E-state index contributed by atoms with van der Waals surface area (Å²) in [5.74, 6) is -0.206. The van der Waals surface area contributed by atoms with Gasteiger partial charge in [0.15, 0.2) is 5.16 Å². The molecule has 3 aromatic heterocycles. The minimum absolute atomic E-state index is 0.107. The number of thioether (sulfide) groups is 1. The van der Waals surface area contributed by atoms with Crippen LogP contribution >= 0.6 is 23.1 Å². The number of anilines is 1. The molecule has 0 radical (unpaired) electrons. The molecule has 33 heavy (non-hydrogen) atoms. The third kappa shape index (κ3) is 3.97. The van der Waals surface area contributed by atoms with Crippen LogP contribution in [0.25, 0.3) is 5.78 Å². The maximum Gasteiger partial charge on any atom is 0.341 e. The summed E-state index contributed by atoms with van der Waals surface area (Å²) in [6.45, 7) is 3.86. The number of H-pyrrole nitrogens is 1. The Morgan fingerprint density at radius 1 is 1.18 bits per heavy atom. The van der Waals surface area contributed by atoms with Crippen LogP contribution in [0.2, 0.25) is 0 Å². The molecule has 2 N–H and O–H groups in total. The molecule has 0 spiro atoms. The molecule has 1 atom stereocenters. The van der Waals surface area contributed by atoms with Gasteiger partial charge in [0.25, 0.3) is 5.56 Å². The zero-order valence-electron chi connectivity index (χ0n) is 18.5. The molecule has 0 saturated heterocycles. The number of esters is 1. The van der Waals surface area contributed by atoms with Gasteiger partial charge in [-0.05, 0) is 64.4 Å². The van der Waals surface area contributed by atoms with Crippen molar-refractivity contribution in [1.29, 1.82) is 0 Å². The second kappa shape index (κ2) is 8.94. The molecule has 1 unspecified atom stereocenters. The Labute approximate surface area is 198 Å². The largest absolute Gasteiger partial charge is 0.462 e. The minimum Gasteiger partial charge on any atom is -0.462 e. The molecule has 174 valence electrons. The number of carbonyl (C=O) groups is 2. The molecule has 3 aromatic rings. The third-order valence-electron chi connectivity index (χ3n) is 6.13. The molecule has 2 aliphatic rings. The second-order valence-corrected chi connectivity index (χ2v) is 10.7. The molecule has 2 aliphatic carbocycles. The lowest BCUT2D eigenvalue weighted by molar-refractivity contribution is -0.115. The van der Waals surface area contributed by atoms with Gasteiger partial charge in [0.05, 0.1) is 17.4 Å². The average molecular weight is 488 g/mol. The molecule has 9 nitrogen and oxygen atoms in total. The molecule has 0 aromatic carbocycles. The molecule has 1 amide bonds. The van der Waals surface area contributed by atoms with E-state index in [2.05, 4.69) is 20.5 Å². The normalized spacial score (nSPS) is 15.8. The summed E-state index contributed by atoms with van der Waals surface area (Å²) >= 11 is 2.75. The summed E-state index contributed by atoms with van der Waals surface area (Å²) in [4.78, 5) is 42.0. The summed E-state index contributed by atoms with van der Waals surface area (Å²) in [7, 11) is 0. The van der Waals surface area contributed by atoms with E-state index in [1.807, 2.05) is 4.40 Å². The standard InChI is InChI=1S/C22H25N5O4S2/c1-3-31-20(30)16-13-8-6-10-15(13)33-19(16)23-17(28)11(2)32-22-26-25-21-24-18(29)12-7-4-5-9-14(12)27(21)22/h11H,3-10H2,1-2H3,(H,23,28)(H,24,25,29). The summed E-state index contributed by atoms with van der Waals surface area (Å²) in [6.07, 6.45) is 6.27. The summed E-state index contributed by atoms with van der Waals surface area (Å²) in [6, 6.07) is 0. The number of hydrogen-bond donors (Lipinski definition) is 2. The van der Waals surface area contributed by atoms with Crippen LogP contribution in [0.4, 0.5) is 5.00 Å². The van der Waals surface area contributed by atoms with Crippen molar-refractivity contribution < 1.29 is 14.3 Å². The first-order valence-corrected chi connectivity index (χ1v) is 13.0. The fourth-order valence-electron chi connectivity index (χ4n) is 4.57. The van der Waals surface area contributed by atoms with Gasteiger partial charge < -0.3 is 10.1 Å². The Bertz CT molecular complexity index is 1310. The molecular formula is C22H25N5O4S2. The topological polar surface area (TPSA) is 118 Å². The number of aromatic nitrogens is 4. The number of nitrogens with one attached hydrogen (secondary N) is 2. The monoisotopic (exact) mass is 487 g/mol. The molecule has 0 saturated carbocycles. The van der Waals surface area contributed by atoms with Crippen LogP contribution in [-0.4, -0.2) is 43.3 Å². The van der Waals surface area contributed by atoms with Crippen molar-refractivity contribution in [2.24, 2.45) is 0 Å². The molecular weight excluding hydrogens is 462 g/mol. The van der Waals surface area contributed by atoms with Crippen LogP contribution in [0.3, 0.4) is 0 Å². The van der Waals surface area contributed by atoms with E-state index in [9.17, 15) is 14.4 Å². The highest BCUT2D eigenvalue weighted by Gasteiger charge is 2.30. The highest BCUT2D eigenvalue weighted by molar-refractivity contribution is 8.00. The van der Waals surface area contributed by atoms with Gasteiger partial charge in [-0.15, -0.1) is 21.5 Å². The summed E-state index contributed by atoms with van der Waals surface area (Å²) in [5, 5.41) is 12.0. The number of rotatable bonds is 6. The van der Waals surface area contributed by atoms with Gasteiger partial charge in [-0.1, -0.05) is 11.8 Å². The first kappa shape index (κ1) is 22.1. The number of aromatic amines is 1. The highest BCUT2D eigenvalue weighted by Crippen LogP contribution is 2.40. The van der Waals surface area contributed by atoms with Gasteiger partial charge in [0.2, 0.25) is 11.7 Å². The quantitative estimate of drug-likeness (QED) is 0.405. The van der Waals surface area contributed by atoms with Crippen molar-refractivity contribution in [2.45, 2.75) is 69.2 Å². The van der Waals surface area contributed by atoms with Crippen molar-refractivity contribution in [1.82, 2.24) is 19.6 Å². The third-order valence-corrected chi connectivity index (χ3v) is 8.38. The Morgan fingerprint density at radius 3 is 2.79 bits per heavy atom. The first-order valence-electron chi connectivity index (χ1n) is 11.3. The minimum atomic E-state index is -0.490. The lowest BCUT2D eigenvalue weighted by Crippen LogP contribution is -2.25. The van der Waals surface area contributed by atoms with Crippen molar-refractivity contribution in [3.8, 4) is 0 Å². The predicted molar refractivity (Wildman–Crippen MR) is 126 cm³/mol. The number of aryl methyl sites for hydroxylation is 2. The fraction of sp³-hybridized carbons (Fsp3) is 0.500. The SMILES string of the molecule is CCOC(=O)c1c(NC(=O)C(C)Sc2nnc3[nH]c(=O)c4c(n23)CCCC4)sc2c1CCC2. The Hall–Kier alpha value is -2.66. The van der Waals surface area contributed by atoms with Crippen LogP contribution in [0.1, 0.15) is 65.2 Å². The predicted octanol–water partition coefficient (Wildman–Crippen LogP) is 3.14. The first-order chi connectivity index (χ1) is 16.0. The number of amides is 1. The Kier molecular flexibility index (Phi) is 6.00. The molecule has 3 heterocycles. The summed E-state index contributed by atoms with van der Waals surface area (Å²) < 4.78 is 7.12. The molecule has 0 fully saturated rings. The zero-order valence-corrected chi connectivity index (χ0v) is 20.2. The molecule has 0 bridgehead atoms. The van der Waals surface area contributed by atoms with Gasteiger partial charge in [-0.2, -0.15) is 0 Å². The van der Waals surface area contributed by atoms with Crippen LogP contribution < -0.4 is 10.9 Å². The van der Waals surface area contributed by atoms with E-state index in [4.69, 9.17) is 4.74 Å². The number of hydrogen-bond acceptors (Lipinski definition) is 8. The lowest BCUT2D eigenvalue weighted by Gasteiger charge is -2.17. The van der Waals surface area contributed by atoms with Crippen molar-refractivity contribution in [2.75, 3.05) is 11.9 Å². The fourth-order valence-corrected chi connectivity index (χ4v) is 6.72. The van der Waals surface area contributed by atoms with Gasteiger partial charge in [-0.25, -0.2) is 4.79 Å². The number of thiophene rings is 1. The van der Waals surface area contributed by atoms with Crippen LogP contribution in [0.15, 0.2) is 9.95 Å². The van der Waals surface area contributed by atoms with Gasteiger partial charge in [0.1, 0.15) is 5.00 Å². The number of nitrogens with zero attached hydrogens (tertiary/aromatic N) is 3. The van der Waals surface area contributed by atoms with Crippen molar-refractivity contribution in [3.05, 3.63) is 37.6 Å². The maximum atomic E-state index is 13.1. The van der Waals surface area contributed by atoms with E-state index in [1.54, 1.807) is 13.8 Å². The Morgan fingerprint density at radius 2 is 1.97 bits per heavy atom. The van der Waals surface area contributed by atoms with Crippen LogP contribution in [0.5, 0.6) is 0 Å². The lowest BCUT2D eigenvalue weighted by atomic mass is 9.97. The maximum absolute atomic E-state index is 13.1. The van der Waals surface area contributed by atoms with Gasteiger partial charge >= 0.3 is 5.97 Å².